The van der Waals surface area contributed by atoms with E-state index in [0.717, 1.165) is 26.2 Å². The Morgan fingerprint density at radius 2 is 1.95 bits per heavy atom. The van der Waals surface area contributed by atoms with Crippen LogP contribution in [0.1, 0.15) is 32.6 Å². The van der Waals surface area contributed by atoms with Crippen LogP contribution in [0.2, 0.25) is 0 Å². The first-order valence-electron chi connectivity index (χ1n) is 7.75. The minimum atomic E-state index is -0.645. The van der Waals surface area contributed by atoms with Crippen LogP contribution in [-0.4, -0.2) is 64.6 Å². The Labute approximate surface area is 125 Å². The van der Waals surface area contributed by atoms with Crippen LogP contribution in [-0.2, 0) is 6.54 Å². The maximum absolute atomic E-state index is 9.86. The minimum absolute atomic E-state index is 0.616. The van der Waals surface area contributed by atoms with Gasteiger partial charge in [-0.2, -0.15) is 0 Å². The summed E-state index contributed by atoms with van der Waals surface area (Å²) in [6.45, 7) is 8.57. The molecule has 1 saturated carbocycles. The van der Waals surface area contributed by atoms with Crippen molar-refractivity contribution < 1.29 is 9.52 Å². The van der Waals surface area contributed by atoms with E-state index in [9.17, 15) is 5.11 Å². The number of hydrogen-bond acceptors (Lipinski definition) is 7. The summed E-state index contributed by atoms with van der Waals surface area (Å²) >= 11 is 0. The second-order valence-electron chi connectivity index (χ2n) is 6.71. The molecule has 3 rings (SSSR count). The predicted octanol–water partition coefficient (Wildman–Crippen LogP) is 0.215. The second-order valence-corrected chi connectivity index (χ2v) is 6.71. The smallest absolute Gasteiger partial charge is 0.318 e. The summed E-state index contributed by atoms with van der Waals surface area (Å²) in [6, 6.07) is 1.26. The number of anilines is 1. The van der Waals surface area contributed by atoms with E-state index in [1.165, 1.54) is 12.8 Å². The average Bonchev–Trinajstić information content (AvgIpc) is 3.13. The molecule has 1 aromatic heterocycles. The SMILES string of the molecule is CC(C)(O)CN1CCN(c2nnc(CNC3CC3)o2)CC1. The molecule has 2 fully saturated rings. The number of hydrogen-bond donors (Lipinski definition) is 2. The lowest BCUT2D eigenvalue weighted by atomic mass is 10.1. The maximum atomic E-state index is 9.86. The second kappa shape index (κ2) is 5.90. The molecule has 2 heterocycles. The van der Waals surface area contributed by atoms with Gasteiger partial charge in [-0.3, -0.25) is 4.90 Å². The Balaban J connectivity index is 1.47. The van der Waals surface area contributed by atoms with Crippen molar-refractivity contribution in [2.75, 3.05) is 37.6 Å². The van der Waals surface area contributed by atoms with Crippen molar-refractivity contribution in [3.8, 4) is 0 Å². The van der Waals surface area contributed by atoms with Crippen LogP contribution >= 0.6 is 0 Å². The molecule has 1 saturated heterocycles. The summed E-state index contributed by atoms with van der Waals surface area (Å²) in [7, 11) is 0. The maximum Gasteiger partial charge on any atom is 0.318 e. The Morgan fingerprint density at radius 1 is 1.24 bits per heavy atom. The highest BCUT2D eigenvalue weighted by Crippen LogP contribution is 2.20. The van der Waals surface area contributed by atoms with Gasteiger partial charge in [0.05, 0.1) is 12.1 Å². The van der Waals surface area contributed by atoms with Crippen LogP contribution < -0.4 is 10.2 Å². The van der Waals surface area contributed by atoms with Crippen molar-refractivity contribution >= 4 is 6.01 Å². The molecule has 0 atom stereocenters. The molecular weight excluding hydrogens is 270 g/mol. The van der Waals surface area contributed by atoms with Crippen LogP contribution in [0.25, 0.3) is 0 Å². The van der Waals surface area contributed by atoms with Crippen molar-refractivity contribution in [1.82, 2.24) is 20.4 Å². The molecule has 1 aromatic rings. The molecule has 0 unspecified atom stereocenters. The van der Waals surface area contributed by atoms with Crippen LogP contribution in [0.5, 0.6) is 0 Å². The van der Waals surface area contributed by atoms with E-state index in [2.05, 4.69) is 25.3 Å². The van der Waals surface area contributed by atoms with E-state index < -0.39 is 5.60 Å². The number of nitrogens with one attached hydrogen (secondary N) is 1. The Morgan fingerprint density at radius 3 is 2.57 bits per heavy atom. The van der Waals surface area contributed by atoms with E-state index in [1.807, 2.05) is 13.8 Å². The summed E-state index contributed by atoms with van der Waals surface area (Å²) < 4.78 is 5.71. The molecule has 7 heteroatoms. The van der Waals surface area contributed by atoms with E-state index in [4.69, 9.17) is 4.42 Å². The standard InChI is InChI=1S/C14H25N5O2/c1-14(2,20)10-18-5-7-19(8-6-18)13-17-16-12(21-13)9-15-11-3-4-11/h11,15,20H,3-10H2,1-2H3. The van der Waals surface area contributed by atoms with Crippen molar-refractivity contribution in [2.45, 2.75) is 44.9 Å². The molecule has 7 nitrogen and oxygen atoms in total. The lowest BCUT2D eigenvalue weighted by molar-refractivity contribution is 0.0342. The highest BCUT2D eigenvalue weighted by atomic mass is 16.4. The van der Waals surface area contributed by atoms with E-state index in [-0.39, 0.29) is 0 Å². The predicted molar refractivity (Wildman–Crippen MR) is 79.1 cm³/mol. The van der Waals surface area contributed by atoms with Gasteiger partial charge in [-0.15, -0.1) is 5.10 Å². The number of β-amino-alcohol motifs (C(OH)–C–C–N with tert-alkyl or cyclic N) is 1. The topological polar surface area (TPSA) is 77.7 Å². The first kappa shape index (κ1) is 14.7. The fraction of sp³-hybridized carbons (Fsp3) is 0.857. The lowest BCUT2D eigenvalue weighted by Gasteiger charge is -2.36. The number of piperazine rings is 1. The van der Waals surface area contributed by atoms with Crippen LogP contribution in [0.3, 0.4) is 0 Å². The summed E-state index contributed by atoms with van der Waals surface area (Å²) in [5.41, 5.74) is -0.645. The normalized spacial score (nSPS) is 21.0. The number of aromatic nitrogens is 2. The lowest BCUT2D eigenvalue weighted by Crippen LogP contribution is -2.50. The van der Waals surface area contributed by atoms with Crippen molar-refractivity contribution in [3.63, 3.8) is 0 Å². The Hall–Kier alpha value is -1.18. The molecule has 0 spiro atoms. The van der Waals surface area contributed by atoms with Gasteiger partial charge in [0.25, 0.3) is 0 Å². The molecular formula is C14H25N5O2. The summed E-state index contributed by atoms with van der Waals surface area (Å²) in [4.78, 5) is 4.39. The van der Waals surface area contributed by atoms with Gasteiger partial charge in [-0.1, -0.05) is 5.10 Å². The zero-order valence-corrected chi connectivity index (χ0v) is 12.9. The molecule has 21 heavy (non-hydrogen) atoms. The molecule has 1 aliphatic carbocycles. The minimum Gasteiger partial charge on any atom is -0.407 e. The molecule has 0 bridgehead atoms. The number of nitrogens with zero attached hydrogens (tertiary/aromatic N) is 4. The average molecular weight is 295 g/mol. The van der Waals surface area contributed by atoms with Crippen LogP contribution in [0.4, 0.5) is 6.01 Å². The van der Waals surface area contributed by atoms with Crippen molar-refractivity contribution in [3.05, 3.63) is 5.89 Å². The van der Waals surface area contributed by atoms with Crippen molar-refractivity contribution in [2.24, 2.45) is 0 Å². The number of rotatable bonds is 6. The van der Waals surface area contributed by atoms with Gasteiger partial charge in [0, 0.05) is 38.8 Å². The highest BCUT2D eigenvalue weighted by Gasteiger charge is 2.25. The van der Waals surface area contributed by atoms with Gasteiger partial charge in [0.1, 0.15) is 0 Å². The molecule has 0 aromatic carbocycles. The Kier molecular flexibility index (Phi) is 4.14. The van der Waals surface area contributed by atoms with Gasteiger partial charge in [0.2, 0.25) is 5.89 Å². The van der Waals surface area contributed by atoms with Crippen LogP contribution in [0.15, 0.2) is 4.42 Å². The van der Waals surface area contributed by atoms with E-state index in [0.29, 0.717) is 31.0 Å². The number of aliphatic hydroxyl groups is 1. The van der Waals surface area contributed by atoms with E-state index in [1.54, 1.807) is 0 Å². The fourth-order valence-electron chi connectivity index (χ4n) is 2.61. The van der Waals surface area contributed by atoms with Crippen molar-refractivity contribution in [1.29, 1.82) is 0 Å². The molecule has 0 amide bonds. The molecule has 118 valence electrons. The monoisotopic (exact) mass is 295 g/mol. The third kappa shape index (κ3) is 4.39. The van der Waals surface area contributed by atoms with Crippen LogP contribution in [0, 0.1) is 0 Å². The van der Waals surface area contributed by atoms with Gasteiger partial charge in [-0.05, 0) is 26.7 Å². The zero-order chi connectivity index (χ0) is 14.9. The first-order chi connectivity index (χ1) is 9.99. The van der Waals surface area contributed by atoms with Gasteiger partial charge in [-0.25, -0.2) is 0 Å². The fourth-order valence-corrected chi connectivity index (χ4v) is 2.61. The van der Waals surface area contributed by atoms with Gasteiger partial charge < -0.3 is 19.7 Å². The summed E-state index contributed by atoms with van der Waals surface area (Å²) in [5.74, 6) is 0.663. The Bertz CT molecular complexity index is 458. The molecule has 0 radical (unpaired) electrons. The largest absolute Gasteiger partial charge is 0.407 e. The first-order valence-corrected chi connectivity index (χ1v) is 7.75. The quantitative estimate of drug-likeness (QED) is 0.777. The van der Waals surface area contributed by atoms with Gasteiger partial charge >= 0.3 is 6.01 Å². The molecule has 2 N–H and O–H groups in total. The third-order valence-electron chi connectivity index (χ3n) is 3.83. The highest BCUT2D eigenvalue weighted by molar-refractivity contribution is 5.25. The summed E-state index contributed by atoms with van der Waals surface area (Å²) in [6.07, 6.45) is 2.51. The van der Waals surface area contributed by atoms with E-state index >= 15 is 0 Å². The molecule has 1 aliphatic heterocycles. The summed E-state index contributed by atoms with van der Waals surface area (Å²) in [5, 5.41) is 21.5. The third-order valence-corrected chi connectivity index (χ3v) is 3.83. The molecule has 2 aliphatic rings. The van der Waals surface area contributed by atoms with Gasteiger partial charge in [0.15, 0.2) is 0 Å². The zero-order valence-electron chi connectivity index (χ0n) is 12.9.